The van der Waals surface area contributed by atoms with Crippen LogP contribution in [0.1, 0.15) is 5.56 Å². The Morgan fingerprint density at radius 1 is 0.895 bits per heavy atom. The van der Waals surface area contributed by atoms with Crippen molar-refractivity contribution in [2.24, 2.45) is 0 Å². The fourth-order valence-corrected chi connectivity index (χ4v) is 2.50. The highest BCUT2D eigenvalue weighted by atomic mass is 16.4. The van der Waals surface area contributed by atoms with Gasteiger partial charge >= 0.3 is 5.63 Å². The van der Waals surface area contributed by atoms with E-state index in [1.807, 2.05) is 43.3 Å². The summed E-state index contributed by atoms with van der Waals surface area (Å²) < 4.78 is 11.2. The largest absolute Gasteiger partial charge is 0.455 e. The summed E-state index contributed by atoms with van der Waals surface area (Å²) in [5, 5.41) is 2.16. The Bertz CT molecular complexity index is 989. The third kappa shape index (κ3) is 1.35. The van der Waals surface area contributed by atoms with Gasteiger partial charge in [0.15, 0.2) is 5.58 Å². The first kappa shape index (κ1) is 10.4. The minimum absolute atomic E-state index is 0.349. The van der Waals surface area contributed by atoms with Gasteiger partial charge in [0.25, 0.3) is 0 Å². The predicted molar refractivity (Wildman–Crippen MR) is 74.5 cm³/mol. The average molecular weight is 250 g/mol. The maximum Gasteiger partial charge on any atom is 0.348 e. The molecule has 3 heteroatoms. The molecule has 4 rings (SSSR count). The van der Waals surface area contributed by atoms with Gasteiger partial charge in [-0.15, -0.1) is 0 Å². The molecule has 2 aromatic heterocycles. The van der Waals surface area contributed by atoms with Crippen molar-refractivity contribution in [1.29, 1.82) is 0 Å². The first-order valence-electron chi connectivity index (χ1n) is 6.09. The van der Waals surface area contributed by atoms with Crippen molar-refractivity contribution >= 4 is 32.9 Å². The van der Waals surface area contributed by atoms with Crippen molar-refractivity contribution in [2.75, 3.05) is 0 Å². The summed E-state index contributed by atoms with van der Waals surface area (Å²) in [5.41, 5.74) is 2.60. The molecule has 0 aliphatic rings. The van der Waals surface area contributed by atoms with Crippen molar-refractivity contribution < 1.29 is 8.83 Å². The van der Waals surface area contributed by atoms with Gasteiger partial charge in [0.1, 0.15) is 16.6 Å². The van der Waals surface area contributed by atoms with Crippen LogP contribution in [0.4, 0.5) is 0 Å². The fraction of sp³-hybridized carbons (Fsp3) is 0.0625. The smallest absolute Gasteiger partial charge is 0.348 e. The lowest BCUT2D eigenvalue weighted by molar-refractivity contribution is 0.567. The van der Waals surface area contributed by atoms with E-state index < -0.39 is 0 Å². The van der Waals surface area contributed by atoms with Gasteiger partial charge < -0.3 is 8.83 Å². The molecule has 0 unspecified atom stereocenters. The molecule has 0 atom stereocenters. The third-order valence-electron chi connectivity index (χ3n) is 3.38. The Morgan fingerprint density at radius 3 is 2.58 bits per heavy atom. The topological polar surface area (TPSA) is 43.4 Å². The summed E-state index contributed by atoms with van der Waals surface area (Å²) in [4.78, 5) is 12.2. The summed E-state index contributed by atoms with van der Waals surface area (Å²) in [7, 11) is 0. The monoisotopic (exact) mass is 250 g/mol. The van der Waals surface area contributed by atoms with E-state index in [1.165, 1.54) is 0 Å². The number of hydrogen-bond acceptors (Lipinski definition) is 3. The number of aryl methyl sites for hydroxylation is 1. The molecule has 0 bridgehead atoms. The van der Waals surface area contributed by atoms with E-state index in [0.29, 0.717) is 22.1 Å². The Balaban J connectivity index is 2.38. The van der Waals surface area contributed by atoms with E-state index in [-0.39, 0.29) is 5.63 Å². The van der Waals surface area contributed by atoms with Gasteiger partial charge in [0.05, 0.1) is 5.39 Å². The molecule has 92 valence electrons. The second-order valence-corrected chi connectivity index (χ2v) is 4.69. The van der Waals surface area contributed by atoms with E-state index in [1.54, 1.807) is 6.07 Å². The van der Waals surface area contributed by atoms with Gasteiger partial charge in [-0.3, -0.25) is 0 Å². The van der Waals surface area contributed by atoms with Crippen LogP contribution in [0.15, 0.2) is 56.1 Å². The molecule has 0 spiro atoms. The number of fused-ring (bicyclic) bond motifs is 5. The van der Waals surface area contributed by atoms with Crippen molar-refractivity contribution in [1.82, 2.24) is 0 Å². The lowest BCUT2D eigenvalue weighted by Gasteiger charge is -1.95. The maximum atomic E-state index is 12.2. The highest BCUT2D eigenvalue weighted by Gasteiger charge is 2.15. The van der Waals surface area contributed by atoms with E-state index >= 15 is 0 Å². The van der Waals surface area contributed by atoms with E-state index in [2.05, 4.69) is 0 Å². The molecule has 3 nitrogen and oxygen atoms in total. The predicted octanol–water partition coefficient (Wildman–Crippen LogP) is 4.00. The molecular formula is C16H10O3. The van der Waals surface area contributed by atoms with Crippen LogP contribution in [0.2, 0.25) is 0 Å². The number of furan rings is 1. The lowest BCUT2D eigenvalue weighted by atomic mass is 10.1. The molecule has 2 heterocycles. The van der Waals surface area contributed by atoms with Gasteiger partial charge in [-0.2, -0.15) is 0 Å². The van der Waals surface area contributed by atoms with Crippen molar-refractivity contribution in [3.63, 3.8) is 0 Å². The standard InChI is InChI=1S/C16H10O3/c1-9-6-7-13-11(8-9)14-15(18-13)10-4-2-3-5-12(10)19-16(14)17/h2-8H,1H3. The molecule has 0 radical (unpaired) electrons. The number of para-hydroxylation sites is 1. The first-order chi connectivity index (χ1) is 9.24. The van der Waals surface area contributed by atoms with Crippen LogP contribution in [0.5, 0.6) is 0 Å². The van der Waals surface area contributed by atoms with Crippen molar-refractivity contribution in [2.45, 2.75) is 6.92 Å². The van der Waals surface area contributed by atoms with E-state index in [9.17, 15) is 4.79 Å². The van der Waals surface area contributed by atoms with Crippen LogP contribution in [-0.2, 0) is 0 Å². The molecule has 4 aromatic rings. The molecular weight excluding hydrogens is 240 g/mol. The molecule has 0 saturated carbocycles. The Kier molecular flexibility index (Phi) is 1.90. The van der Waals surface area contributed by atoms with Crippen LogP contribution in [0, 0.1) is 6.92 Å². The molecule has 0 N–H and O–H groups in total. The zero-order valence-electron chi connectivity index (χ0n) is 10.3. The number of benzene rings is 2. The molecule has 0 aliphatic carbocycles. The minimum Gasteiger partial charge on any atom is -0.455 e. The molecule has 0 saturated heterocycles. The van der Waals surface area contributed by atoms with Crippen LogP contribution in [0.3, 0.4) is 0 Å². The summed E-state index contributed by atoms with van der Waals surface area (Å²) in [6.07, 6.45) is 0. The van der Waals surface area contributed by atoms with E-state index in [4.69, 9.17) is 8.83 Å². The summed E-state index contributed by atoms with van der Waals surface area (Å²) in [6.45, 7) is 1.99. The summed E-state index contributed by atoms with van der Waals surface area (Å²) in [5.74, 6) is 0. The number of hydrogen-bond donors (Lipinski definition) is 0. The molecule has 0 fully saturated rings. The van der Waals surface area contributed by atoms with Crippen molar-refractivity contribution in [3.8, 4) is 0 Å². The zero-order valence-corrected chi connectivity index (χ0v) is 10.3. The third-order valence-corrected chi connectivity index (χ3v) is 3.38. The Labute approximate surface area is 108 Å². The molecule has 19 heavy (non-hydrogen) atoms. The number of rotatable bonds is 0. The fourth-order valence-electron chi connectivity index (χ4n) is 2.50. The van der Waals surface area contributed by atoms with Gasteiger partial charge in [-0.05, 0) is 31.2 Å². The van der Waals surface area contributed by atoms with Gasteiger partial charge in [0.2, 0.25) is 0 Å². The van der Waals surface area contributed by atoms with Gasteiger partial charge in [-0.1, -0.05) is 23.8 Å². The summed E-state index contributed by atoms with van der Waals surface area (Å²) >= 11 is 0. The quantitative estimate of drug-likeness (QED) is 0.443. The molecule has 0 amide bonds. The van der Waals surface area contributed by atoms with Crippen LogP contribution < -0.4 is 5.63 Å². The lowest BCUT2D eigenvalue weighted by Crippen LogP contribution is -1.97. The van der Waals surface area contributed by atoms with Crippen LogP contribution in [0.25, 0.3) is 32.9 Å². The van der Waals surface area contributed by atoms with Crippen LogP contribution in [-0.4, -0.2) is 0 Å². The second-order valence-electron chi connectivity index (χ2n) is 4.69. The molecule has 0 aliphatic heterocycles. The highest BCUT2D eigenvalue weighted by Crippen LogP contribution is 2.31. The molecule has 2 aromatic carbocycles. The highest BCUT2D eigenvalue weighted by molar-refractivity contribution is 6.12. The van der Waals surface area contributed by atoms with Gasteiger partial charge in [0, 0.05) is 5.39 Å². The summed E-state index contributed by atoms with van der Waals surface area (Å²) in [6, 6.07) is 13.2. The normalized spacial score (nSPS) is 11.6. The second kappa shape index (κ2) is 3.48. The average Bonchev–Trinajstić information content (AvgIpc) is 2.78. The maximum absolute atomic E-state index is 12.2. The van der Waals surface area contributed by atoms with Crippen LogP contribution >= 0.6 is 0 Å². The van der Waals surface area contributed by atoms with E-state index in [0.717, 1.165) is 16.3 Å². The zero-order chi connectivity index (χ0) is 13.0. The first-order valence-corrected chi connectivity index (χ1v) is 6.09. The van der Waals surface area contributed by atoms with Crippen molar-refractivity contribution in [3.05, 3.63) is 58.4 Å². The SMILES string of the molecule is Cc1ccc2oc3c4ccccc4oc(=O)c3c2c1. The minimum atomic E-state index is -0.349. The Hall–Kier alpha value is -2.55. The Morgan fingerprint density at radius 2 is 1.68 bits per heavy atom. The van der Waals surface area contributed by atoms with Gasteiger partial charge in [-0.25, -0.2) is 4.79 Å².